The van der Waals surface area contributed by atoms with Gasteiger partial charge in [-0.3, -0.25) is 4.57 Å². The second kappa shape index (κ2) is 5.17. The molecule has 8 nitrogen and oxygen atoms in total. The van der Waals surface area contributed by atoms with E-state index in [-0.39, 0.29) is 11.9 Å². The van der Waals surface area contributed by atoms with Crippen LogP contribution in [0.2, 0.25) is 0 Å². The molecule has 0 unspecified atom stereocenters. The molecule has 0 spiro atoms. The number of aliphatic imine (C=N–C) groups is 2. The van der Waals surface area contributed by atoms with Gasteiger partial charge in [-0.25, -0.2) is 4.99 Å². The molecule has 0 aliphatic carbocycles. The van der Waals surface area contributed by atoms with Crippen molar-refractivity contribution in [2.24, 2.45) is 27.2 Å². The van der Waals surface area contributed by atoms with Crippen LogP contribution in [0.1, 0.15) is 5.56 Å². The molecule has 98 valence electrons. The summed E-state index contributed by atoms with van der Waals surface area (Å²) in [5.74, 6) is -0.127. The van der Waals surface area contributed by atoms with E-state index in [0.717, 1.165) is 11.3 Å². The molecule has 0 amide bonds. The van der Waals surface area contributed by atoms with Gasteiger partial charge in [-0.2, -0.15) is 4.99 Å². The number of hydrogen-bond donors (Lipinski definition) is 3. The minimum atomic E-state index is -0.131. The lowest BCUT2D eigenvalue weighted by atomic mass is 10.2. The molecule has 0 atom stereocenters. The third kappa shape index (κ3) is 3.06. The molecule has 8 heteroatoms. The highest BCUT2D eigenvalue weighted by molar-refractivity contribution is 5.93. The van der Waals surface area contributed by atoms with Gasteiger partial charge in [0.25, 0.3) is 0 Å². The molecular formula is C11H14N8. The molecule has 0 saturated heterocycles. The van der Waals surface area contributed by atoms with Gasteiger partial charge in [0.15, 0.2) is 5.96 Å². The molecule has 0 aliphatic heterocycles. The molecule has 19 heavy (non-hydrogen) atoms. The van der Waals surface area contributed by atoms with Gasteiger partial charge in [0.1, 0.15) is 12.7 Å². The van der Waals surface area contributed by atoms with E-state index in [1.165, 1.54) is 0 Å². The summed E-state index contributed by atoms with van der Waals surface area (Å²) < 4.78 is 1.76. The molecule has 0 fully saturated rings. The van der Waals surface area contributed by atoms with E-state index in [9.17, 15) is 0 Å². The molecule has 2 aromatic rings. The predicted octanol–water partition coefficient (Wildman–Crippen LogP) is -0.205. The van der Waals surface area contributed by atoms with Crippen LogP contribution in [0.25, 0.3) is 5.69 Å². The Morgan fingerprint density at radius 2 is 1.84 bits per heavy atom. The van der Waals surface area contributed by atoms with Crippen molar-refractivity contribution in [3.63, 3.8) is 0 Å². The minimum Gasteiger partial charge on any atom is -0.370 e. The van der Waals surface area contributed by atoms with Gasteiger partial charge < -0.3 is 17.2 Å². The molecule has 1 aromatic carbocycles. The number of aromatic nitrogens is 3. The molecule has 0 saturated carbocycles. The number of guanidine groups is 2. The highest BCUT2D eigenvalue weighted by atomic mass is 15.2. The third-order valence-corrected chi connectivity index (χ3v) is 2.39. The van der Waals surface area contributed by atoms with Crippen molar-refractivity contribution in [1.82, 2.24) is 14.8 Å². The van der Waals surface area contributed by atoms with Crippen molar-refractivity contribution in [3.8, 4) is 5.69 Å². The molecular weight excluding hydrogens is 244 g/mol. The Labute approximate surface area is 109 Å². The van der Waals surface area contributed by atoms with E-state index in [0.29, 0.717) is 5.69 Å². The summed E-state index contributed by atoms with van der Waals surface area (Å²) in [6, 6.07) is 5.68. The third-order valence-electron chi connectivity index (χ3n) is 2.39. The molecule has 6 N–H and O–H groups in total. The van der Waals surface area contributed by atoms with Crippen LogP contribution >= 0.6 is 0 Å². The van der Waals surface area contributed by atoms with Crippen LogP contribution in [0.4, 0.5) is 5.69 Å². The topological polar surface area (TPSA) is 133 Å². The minimum absolute atomic E-state index is 0.00371. The first-order valence-corrected chi connectivity index (χ1v) is 5.45. The van der Waals surface area contributed by atoms with Crippen molar-refractivity contribution < 1.29 is 0 Å². The Morgan fingerprint density at radius 3 is 2.47 bits per heavy atom. The van der Waals surface area contributed by atoms with Crippen LogP contribution < -0.4 is 17.2 Å². The van der Waals surface area contributed by atoms with E-state index in [2.05, 4.69) is 20.2 Å². The number of benzene rings is 1. The summed E-state index contributed by atoms with van der Waals surface area (Å²) >= 11 is 0. The van der Waals surface area contributed by atoms with E-state index in [1.807, 2.05) is 25.1 Å². The van der Waals surface area contributed by atoms with Crippen LogP contribution in [-0.2, 0) is 0 Å². The largest absolute Gasteiger partial charge is 0.370 e. The van der Waals surface area contributed by atoms with Gasteiger partial charge in [0, 0.05) is 0 Å². The zero-order valence-electron chi connectivity index (χ0n) is 10.4. The number of rotatable bonds is 2. The lowest BCUT2D eigenvalue weighted by molar-refractivity contribution is 1.05. The predicted molar refractivity (Wildman–Crippen MR) is 73.2 cm³/mol. The van der Waals surface area contributed by atoms with Gasteiger partial charge in [-0.1, -0.05) is 6.07 Å². The van der Waals surface area contributed by atoms with Gasteiger partial charge in [-0.05, 0) is 24.6 Å². The van der Waals surface area contributed by atoms with Crippen molar-refractivity contribution in [3.05, 3.63) is 36.4 Å². The summed E-state index contributed by atoms with van der Waals surface area (Å²) in [6.45, 7) is 1.91. The van der Waals surface area contributed by atoms with Crippen molar-refractivity contribution in [1.29, 1.82) is 0 Å². The molecule has 1 heterocycles. The van der Waals surface area contributed by atoms with Crippen molar-refractivity contribution >= 4 is 17.6 Å². The average molecular weight is 258 g/mol. The monoisotopic (exact) mass is 258 g/mol. The van der Waals surface area contributed by atoms with Crippen LogP contribution in [-0.4, -0.2) is 26.7 Å². The normalized spacial score (nSPS) is 11.3. The van der Waals surface area contributed by atoms with E-state index >= 15 is 0 Å². The zero-order chi connectivity index (χ0) is 13.8. The standard InChI is InChI=1S/C11H14N8/c1-7-2-3-8(19-5-15-16-6-19)4-9(7)17-11(14)18-10(12)13/h2-6H,1H3,(H6,12,13,14,17,18). The SMILES string of the molecule is Cc1ccc(-n2cnnc2)cc1N=C(N)N=C(N)N. The second-order valence-electron chi connectivity index (χ2n) is 3.85. The Kier molecular flexibility index (Phi) is 3.42. The van der Waals surface area contributed by atoms with Crippen molar-refractivity contribution in [2.45, 2.75) is 6.92 Å². The Hall–Kier alpha value is -2.90. The molecule has 0 aliphatic rings. The molecule has 0 bridgehead atoms. The van der Waals surface area contributed by atoms with Crippen LogP contribution in [0.15, 0.2) is 40.8 Å². The van der Waals surface area contributed by atoms with E-state index in [4.69, 9.17) is 17.2 Å². The number of nitrogens with two attached hydrogens (primary N) is 3. The average Bonchev–Trinajstić information content (AvgIpc) is 2.84. The van der Waals surface area contributed by atoms with Gasteiger partial charge >= 0.3 is 0 Å². The molecule has 0 radical (unpaired) electrons. The maximum atomic E-state index is 5.62. The van der Waals surface area contributed by atoms with Gasteiger partial charge in [-0.15, -0.1) is 10.2 Å². The molecule has 2 rings (SSSR count). The van der Waals surface area contributed by atoms with Gasteiger partial charge in [0.05, 0.1) is 11.4 Å². The first kappa shape index (κ1) is 12.6. The summed E-state index contributed by atoms with van der Waals surface area (Å²) in [7, 11) is 0. The quantitative estimate of drug-likeness (QED) is 0.506. The summed E-state index contributed by atoms with van der Waals surface area (Å²) in [5.41, 5.74) is 18.6. The smallest absolute Gasteiger partial charge is 0.223 e. The fraction of sp³-hybridized carbons (Fsp3) is 0.0909. The van der Waals surface area contributed by atoms with Crippen LogP contribution in [0.5, 0.6) is 0 Å². The van der Waals surface area contributed by atoms with E-state index < -0.39 is 0 Å². The lowest BCUT2D eigenvalue weighted by Crippen LogP contribution is -2.26. The Bertz CT molecular complexity index is 622. The van der Waals surface area contributed by atoms with Gasteiger partial charge in [0.2, 0.25) is 5.96 Å². The Morgan fingerprint density at radius 1 is 1.16 bits per heavy atom. The number of hydrogen-bond acceptors (Lipinski definition) is 3. The zero-order valence-corrected chi connectivity index (χ0v) is 10.4. The summed E-state index contributed by atoms with van der Waals surface area (Å²) in [6.07, 6.45) is 3.19. The first-order chi connectivity index (χ1) is 9.06. The fourth-order valence-electron chi connectivity index (χ4n) is 1.49. The summed E-state index contributed by atoms with van der Waals surface area (Å²) in [5, 5.41) is 7.50. The van der Waals surface area contributed by atoms with Crippen molar-refractivity contribution in [2.75, 3.05) is 0 Å². The maximum absolute atomic E-state index is 5.62. The number of nitrogens with zero attached hydrogens (tertiary/aromatic N) is 5. The van der Waals surface area contributed by atoms with Crippen LogP contribution in [0.3, 0.4) is 0 Å². The van der Waals surface area contributed by atoms with E-state index in [1.54, 1.807) is 17.2 Å². The van der Waals surface area contributed by atoms with Crippen LogP contribution in [0, 0.1) is 6.92 Å². The highest BCUT2D eigenvalue weighted by Gasteiger charge is 2.02. The first-order valence-electron chi connectivity index (χ1n) is 5.45. The Balaban J connectivity index is 2.41. The lowest BCUT2D eigenvalue weighted by Gasteiger charge is -2.05. The molecule has 1 aromatic heterocycles. The second-order valence-corrected chi connectivity index (χ2v) is 3.85. The number of aryl methyl sites for hydroxylation is 1. The summed E-state index contributed by atoms with van der Waals surface area (Å²) in [4.78, 5) is 7.84. The fourth-order valence-corrected chi connectivity index (χ4v) is 1.49. The highest BCUT2D eigenvalue weighted by Crippen LogP contribution is 2.22. The maximum Gasteiger partial charge on any atom is 0.223 e.